The number of hydrogen-bond donors (Lipinski definition) is 3. The highest BCUT2D eigenvalue weighted by molar-refractivity contribution is 5.94. The van der Waals surface area contributed by atoms with Crippen molar-refractivity contribution in [2.24, 2.45) is 0 Å². The smallest absolute Gasteiger partial charge is 0.352 e. The van der Waals surface area contributed by atoms with E-state index in [1.165, 1.54) is 0 Å². The number of carbonyl (C=O) groups is 1. The van der Waals surface area contributed by atoms with Crippen LogP contribution in [0.5, 0.6) is 0 Å². The van der Waals surface area contributed by atoms with Crippen LogP contribution < -0.4 is 5.32 Å². The number of carboxylic acid groups (broad SMARTS) is 1. The van der Waals surface area contributed by atoms with E-state index in [1.54, 1.807) is 10.6 Å². The van der Waals surface area contributed by atoms with E-state index in [2.05, 4.69) is 5.32 Å². The summed E-state index contributed by atoms with van der Waals surface area (Å²) in [6.45, 7) is 1.79. The number of aromatic carboxylic acids is 1. The summed E-state index contributed by atoms with van der Waals surface area (Å²) in [5.74, 6) is -0.923. The number of nitrogens with zero attached hydrogens (tertiary/aromatic N) is 1. The number of carboxylic acids is 1. The van der Waals surface area contributed by atoms with Crippen LogP contribution in [0.3, 0.4) is 0 Å². The van der Waals surface area contributed by atoms with E-state index in [9.17, 15) is 9.90 Å². The van der Waals surface area contributed by atoms with Crippen LogP contribution >= 0.6 is 0 Å². The first-order valence-electron chi connectivity index (χ1n) is 5.87. The van der Waals surface area contributed by atoms with E-state index in [0.29, 0.717) is 25.3 Å². The molecule has 0 spiro atoms. The van der Waals surface area contributed by atoms with Crippen LogP contribution in [0.1, 0.15) is 10.5 Å². The summed E-state index contributed by atoms with van der Waals surface area (Å²) in [5.41, 5.74) is 1.21. The van der Waals surface area contributed by atoms with Crippen LogP contribution in [0.25, 0.3) is 10.9 Å². The summed E-state index contributed by atoms with van der Waals surface area (Å²) in [7, 11) is 0. The average molecular weight is 248 g/mol. The van der Waals surface area contributed by atoms with Crippen molar-refractivity contribution in [1.82, 2.24) is 9.88 Å². The first-order chi connectivity index (χ1) is 8.74. The molecule has 1 aromatic heterocycles. The van der Waals surface area contributed by atoms with Gasteiger partial charge in [0.05, 0.1) is 6.61 Å². The Bertz CT molecular complexity index is 548. The van der Waals surface area contributed by atoms with E-state index in [-0.39, 0.29) is 6.61 Å². The number of aliphatic hydroxyl groups excluding tert-OH is 1. The summed E-state index contributed by atoms with van der Waals surface area (Å²) in [6, 6.07) is 9.28. The van der Waals surface area contributed by atoms with Crippen molar-refractivity contribution in [2.45, 2.75) is 6.54 Å². The molecule has 2 aromatic rings. The number of fused-ring (bicyclic) bond motifs is 1. The van der Waals surface area contributed by atoms with Gasteiger partial charge < -0.3 is 20.1 Å². The molecule has 0 unspecified atom stereocenters. The molecule has 0 bridgehead atoms. The molecule has 18 heavy (non-hydrogen) atoms. The Morgan fingerprint density at radius 1 is 1.28 bits per heavy atom. The molecular weight excluding hydrogens is 232 g/mol. The van der Waals surface area contributed by atoms with Gasteiger partial charge in [0.15, 0.2) is 0 Å². The zero-order valence-electron chi connectivity index (χ0n) is 9.97. The number of hydrogen-bond acceptors (Lipinski definition) is 3. The SMILES string of the molecule is O=C(O)c1cc2ccccc2n1CCNCCO. The normalized spacial score (nSPS) is 10.9. The minimum Gasteiger partial charge on any atom is -0.477 e. The topological polar surface area (TPSA) is 74.5 Å². The first-order valence-corrected chi connectivity index (χ1v) is 5.87. The van der Waals surface area contributed by atoms with Crippen molar-refractivity contribution in [2.75, 3.05) is 19.7 Å². The molecule has 1 heterocycles. The van der Waals surface area contributed by atoms with E-state index in [4.69, 9.17) is 5.11 Å². The van der Waals surface area contributed by atoms with Crippen LogP contribution in [0.2, 0.25) is 0 Å². The fourth-order valence-corrected chi connectivity index (χ4v) is 2.02. The van der Waals surface area contributed by atoms with Gasteiger partial charge in [-0.1, -0.05) is 18.2 Å². The molecule has 0 aliphatic carbocycles. The lowest BCUT2D eigenvalue weighted by Gasteiger charge is -2.08. The molecule has 0 saturated carbocycles. The predicted octanol–water partition coefficient (Wildman–Crippen LogP) is 0.921. The van der Waals surface area contributed by atoms with Gasteiger partial charge in [-0.25, -0.2) is 4.79 Å². The Kier molecular flexibility index (Phi) is 3.96. The molecule has 96 valence electrons. The molecular formula is C13H16N2O3. The molecule has 2 rings (SSSR count). The van der Waals surface area contributed by atoms with Crippen molar-refractivity contribution in [3.05, 3.63) is 36.0 Å². The van der Waals surface area contributed by atoms with Crippen molar-refractivity contribution in [3.8, 4) is 0 Å². The Labute approximate surface area is 105 Å². The van der Waals surface area contributed by atoms with Crippen molar-refractivity contribution in [1.29, 1.82) is 0 Å². The van der Waals surface area contributed by atoms with E-state index >= 15 is 0 Å². The van der Waals surface area contributed by atoms with Gasteiger partial charge in [0, 0.05) is 30.5 Å². The summed E-state index contributed by atoms with van der Waals surface area (Å²) < 4.78 is 1.78. The standard InChI is InChI=1S/C13H16N2O3/c16-8-6-14-5-7-15-11-4-2-1-3-10(11)9-12(15)13(17)18/h1-4,9,14,16H,5-8H2,(H,17,18). The molecule has 5 nitrogen and oxygen atoms in total. The van der Waals surface area contributed by atoms with Crippen molar-refractivity contribution >= 4 is 16.9 Å². The number of para-hydroxylation sites is 1. The largest absolute Gasteiger partial charge is 0.477 e. The Balaban J connectivity index is 2.27. The highest BCUT2D eigenvalue weighted by atomic mass is 16.4. The molecule has 1 aromatic carbocycles. The van der Waals surface area contributed by atoms with Gasteiger partial charge >= 0.3 is 5.97 Å². The monoisotopic (exact) mass is 248 g/mol. The molecule has 0 fully saturated rings. The third-order valence-corrected chi connectivity index (χ3v) is 2.83. The predicted molar refractivity (Wildman–Crippen MR) is 68.9 cm³/mol. The van der Waals surface area contributed by atoms with Gasteiger partial charge in [-0.05, 0) is 12.1 Å². The molecule has 0 atom stereocenters. The second-order valence-corrected chi connectivity index (χ2v) is 4.02. The van der Waals surface area contributed by atoms with Gasteiger partial charge in [-0.2, -0.15) is 0 Å². The molecule has 5 heteroatoms. The van der Waals surface area contributed by atoms with Crippen LogP contribution in [-0.4, -0.2) is 40.4 Å². The molecule has 0 saturated heterocycles. The van der Waals surface area contributed by atoms with Crippen LogP contribution in [0.15, 0.2) is 30.3 Å². The molecule has 0 aliphatic heterocycles. The fourth-order valence-electron chi connectivity index (χ4n) is 2.02. The van der Waals surface area contributed by atoms with Gasteiger partial charge in [-0.3, -0.25) is 0 Å². The quantitative estimate of drug-likeness (QED) is 0.665. The third-order valence-electron chi connectivity index (χ3n) is 2.83. The summed E-state index contributed by atoms with van der Waals surface area (Å²) >= 11 is 0. The highest BCUT2D eigenvalue weighted by Crippen LogP contribution is 2.19. The van der Waals surface area contributed by atoms with E-state index in [0.717, 1.165) is 10.9 Å². The van der Waals surface area contributed by atoms with Crippen molar-refractivity contribution in [3.63, 3.8) is 0 Å². The van der Waals surface area contributed by atoms with Gasteiger partial charge in [-0.15, -0.1) is 0 Å². The minimum atomic E-state index is -0.923. The van der Waals surface area contributed by atoms with Crippen molar-refractivity contribution < 1.29 is 15.0 Å². The van der Waals surface area contributed by atoms with E-state index in [1.807, 2.05) is 24.3 Å². The number of rotatable bonds is 6. The number of aromatic nitrogens is 1. The third kappa shape index (κ3) is 2.52. The zero-order valence-corrected chi connectivity index (χ0v) is 9.97. The lowest BCUT2D eigenvalue weighted by atomic mass is 10.2. The Hall–Kier alpha value is -1.85. The molecule has 0 amide bonds. The fraction of sp³-hybridized carbons (Fsp3) is 0.308. The van der Waals surface area contributed by atoms with Crippen LogP contribution in [0, 0.1) is 0 Å². The average Bonchev–Trinajstić information content (AvgIpc) is 2.74. The number of nitrogens with one attached hydrogen (secondary N) is 1. The van der Waals surface area contributed by atoms with Gasteiger partial charge in [0.25, 0.3) is 0 Å². The maximum absolute atomic E-state index is 11.2. The second kappa shape index (κ2) is 5.66. The number of benzene rings is 1. The molecule has 3 N–H and O–H groups in total. The maximum Gasteiger partial charge on any atom is 0.352 e. The van der Waals surface area contributed by atoms with Crippen LogP contribution in [0.4, 0.5) is 0 Å². The summed E-state index contributed by atoms with van der Waals surface area (Å²) in [6.07, 6.45) is 0. The Morgan fingerprint density at radius 2 is 2.06 bits per heavy atom. The highest BCUT2D eigenvalue weighted by Gasteiger charge is 2.13. The maximum atomic E-state index is 11.2. The summed E-state index contributed by atoms with van der Waals surface area (Å²) in [5, 5.41) is 21.8. The molecule has 0 radical (unpaired) electrons. The first kappa shape index (κ1) is 12.6. The lowest BCUT2D eigenvalue weighted by molar-refractivity contribution is 0.0685. The summed E-state index contributed by atoms with van der Waals surface area (Å²) in [4.78, 5) is 11.2. The van der Waals surface area contributed by atoms with Crippen LogP contribution in [-0.2, 0) is 6.54 Å². The van der Waals surface area contributed by atoms with Gasteiger partial charge in [0.1, 0.15) is 5.69 Å². The Morgan fingerprint density at radius 3 is 2.78 bits per heavy atom. The second-order valence-electron chi connectivity index (χ2n) is 4.02. The lowest BCUT2D eigenvalue weighted by Crippen LogP contribution is -2.24. The minimum absolute atomic E-state index is 0.0816. The zero-order chi connectivity index (χ0) is 13.0. The van der Waals surface area contributed by atoms with Gasteiger partial charge in [0.2, 0.25) is 0 Å². The number of aliphatic hydroxyl groups is 1. The molecule has 0 aliphatic rings. The van der Waals surface area contributed by atoms with E-state index < -0.39 is 5.97 Å².